The Bertz CT molecular complexity index is 975. The molecule has 0 saturated carbocycles. The number of fused-ring (bicyclic) bond motifs is 2. The molecule has 1 atom stereocenters. The molecule has 1 aliphatic rings. The van der Waals surface area contributed by atoms with Crippen LogP contribution in [-0.4, -0.2) is 34.7 Å². The van der Waals surface area contributed by atoms with Gasteiger partial charge in [-0.3, -0.25) is 4.98 Å². The number of hydrogen-bond acceptors (Lipinski definition) is 4. The number of methoxy groups -OCH3 is 1. The third-order valence-electron chi connectivity index (χ3n) is 5.01. The molecule has 1 aliphatic heterocycles. The van der Waals surface area contributed by atoms with Gasteiger partial charge in [-0.25, -0.2) is 4.39 Å². The highest BCUT2D eigenvalue weighted by Crippen LogP contribution is 2.33. The van der Waals surface area contributed by atoms with Crippen LogP contribution in [0.1, 0.15) is 24.5 Å². The number of nitrogens with zero attached hydrogens (tertiary/aromatic N) is 2. The summed E-state index contributed by atoms with van der Waals surface area (Å²) in [5.41, 5.74) is 4.65. The van der Waals surface area contributed by atoms with E-state index in [1.54, 1.807) is 6.07 Å². The summed E-state index contributed by atoms with van der Waals surface area (Å²) in [5, 5.41) is 0.356. The van der Waals surface area contributed by atoms with Crippen LogP contribution in [-0.2, 0) is 23.3 Å². The van der Waals surface area contributed by atoms with Gasteiger partial charge in [0.25, 0.3) is 0 Å². The van der Waals surface area contributed by atoms with Crippen LogP contribution < -0.4 is 9.64 Å². The maximum atomic E-state index is 13.9. The van der Waals surface area contributed by atoms with E-state index in [2.05, 4.69) is 27.9 Å². The van der Waals surface area contributed by atoms with Crippen molar-refractivity contribution in [2.75, 3.05) is 25.1 Å². The molecule has 0 aliphatic carbocycles. The summed E-state index contributed by atoms with van der Waals surface area (Å²) >= 11 is -1.35. The molecule has 2 aromatic carbocycles. The molecule has 1 aromatic heterocycles. The van der Waals surface area contributed by atoms with Crippen LogP contribution in [0.2, 0.25) is 0 Å². The van der Waals surface area contributed by atoms with Gasteiger partial charge in [0.15, 0.2) is 11.6 Å². The number of aromatic nitrogens is 2. The van der Waals surface area contributed by atoms with Crippen LogP contribution in [0.5, 0.6) is 5.75 Å². The Morgan fingerprint density at radius 3 is 3.00 bits per heavy atom. The number of para-hydroxylation sites is 1. The number of nitrogens with one attached hydrogen (secondary N) is 1. The van der Waals surface area contributed by atoms with Crippen molar-refractivity contribution in [3.05, 3.63) is 47.3 Å². The number of halogens is 1. The van der Waals surface area contributed by atoms with Crippen LogP contribution in [0.15, 0.2) is 35.5 Å². The lowest BCUT2D eigenvalue weighted by molar-refractivity contribution is 0.387. The molecule has 0 bridgehead atoms. The molecule has 3 aromatic rings. The Morgan fingerprint density at radius 2 is 2.22 bits per heavy atom. The zero-order chi connectivity index (χ0) is 19.0. The molecule has 0 fully saturated rings. The van der Waals surface area contributed by atoms with Gasteiger partial charge < -0.3 is 14.2 Å². The number of anilines is 1. The van der Waals surface area contributed by atoms with Crippen molar-refractivity contribution in [1.82, 2.24) is 9.97 Å². The topological polar surface area (TPSA) is 64.2 Å². The smallest absolute Gasteiger partial charge is 0.321 e. The van der Waals surface area contributed by atoms with Crippen LogP contribution in [0.25, 0.3) is 11.0 Å². The van der Waals surface area contributed by atoms with Crippen molar-refractivity contribution < 1.29 is 13.7 Å². The van der Waals surface area contributed by atoms with E-state index in [4.69, 9.17) is 4.74 Å². The number of ether oxygens (including phenoxy) is 1. The van der Waals surface area contributed by atoms with E-state index in [1.165, 1.54) is 24.4 Å². The number of imidazole rings is 1. The molecular weight excluding hydrogens is 365 g/mol. The largest absolute Gasteiger partial charge is 0.609 e. The minimum absolute atomic E-state index is 0.138. The van der Waals surface area contributed by atoms with Gasteiger partial charge in [-0.1, -0.05) is 18.2 Å². The van der Waals surface area contributed by atoms with Crippen molar-refractivity contribution in [3.8, 4) is 5.75 Å². The van der Waals surface area contributed by atoms with E-state index in [9.17, 15) is 8.94 Å². The van der Waals surface area contributed by atoms with Gasteiger partial charge in [-0.15, -0.1) is 0 Å². The lowest BCUT2D eigenvalue weighted by atomic mass is 9.98. The third-order valence-corrected chi connectivity index (χ3v) is 6.21. The highest BCUT2D eigenvalue weighted by molar-refractivity contribution is 7.90. The number of aromatic amines is 1. The molecular formula is C20H22FN3O2S. The van der Waals surface area contributed by atoms with E-state index in [1.807, 2.05) is 12.1 Å². The molecule has 5 nitrogen and oxygen atoms in total. The van der Waals surface area contributed by atoms with Gasteiger partial charge in [0.1, 0.15) is 5.75 Å². The first-order valence-electron chi connectivity index (χ1n) is 9.08. The molecule has 7 heteroatoms. The summed E-state index contributed by atoms with van der Waals surface area (Å²) in [6, 6.07) is 9.06. The fourth-order valence-electron chi connectivity index (χ4n) is 3.72. The predicted octanol–water partition coefficient (Wildman–Crippen LogP) is 3.79. The minimum Gasteiger partial charge on any atom is -0.609 e. The van der Waals surface area contributed by atoms with E-state index in [0.717, 1.165) is 31.5 Å². The number of benzene rings is 2. The molecule has 1 unspecified atom stereocenters. The summed E-state index contributed by atoms with van der Waals surface area (Å²) in [6.45, 7) is 4.10. The van der Waals surface area contributed by atoms with Crippen LogP contribution >= 0.6 is 0 Å². The Kier molecular flexibility index (Phi) is 4.97. The second-order valence-corrected chi connectivity index (χ2v) is 8.01. The van der Waals surface area contributed by atoms with Crippen molar-refractivity contribution >= 4 is 27.9 Å². The molecule has 0 radical (unpaired) electrons. The normalized spacial score (nSPS) is 15.0. The van der Waals surface area contributed by atoms with Crippen LogP contribution in [0, 0.1) is 5.82 Å². The minimum atomic E-state index is -1.35. The molecule has 0 spiro atoms. The molecule has 2 heterocycles. The van der Waals surface area contributed by atoms with E-state index < -0.39 is 17.0 Å². The Balaban J connectivity index is 1.65. The quantitative estimate of drug-likeness (QED) is 0.677. The summed E-state index contributed by atoms with van der Waals surface area (Å²) in [5.74, 6) is 0.0304. The van der Waals surface area contributed by atoms with Gasteiger partial charge in [0.2, 0.25) is 0 Å². The monoisotopic (exact) mass is 387 g/mol. The SMILES string of the molecule is CCN1CCCc2cccc(C[S+]([O-])c3nc4cc(F)c(OC)cc4[nH]3)c21. The third kappa shape index (κ3) is 3.37. The van der Waals surface area contributed by atoms with Crippen molar-refractivity contribution in [1.29, 1.82) is 0 Å². The highest BCUT2D eigenvalue weighted by Gasteiger charge is 2.24. The fourth-order valence-corrected chi connectivity index (χ4v) is 4.80. The first-order valence-corrected chi connectivity index (χ1v) is 10.4. The van der Waals surface area contributed by atoms with Gasteiger partial charge in [0, 0.05) is 47.6 Å². The first kappa shape index (κ1) is 18.1. The van der Waals surface area contributed by atoms with Gasteiger partial charge >= 0.3 is 5.16 Å². The van der Waals surface area contributed by atoms with Crippen molar-refractivity contribution in [3.63, 3.8) is 0 Å². The molecule has 27 heavy (non-hydrogen) atoms. The summed E-state index contributed by atoms with van der Waals surface area (Å²) in [6.07, 6.45) is 2.19. The van der Waals surface area contributed by atoms with E-state index in [0.29, 0.717) is 21.9 Å². The molecule has 142 valence electrons. The standard InChI is InChI=1S/C20H22FN3O2S/c1-3-24-9-5-8-13-6-4-7-14(19(13)24)12-27(25)20-22-16-10-15(21)18(26-2)11-17(16)23-20/h4,6-7,10-11H,3,5,8-9,12H2,1-2H3,(H,22,23). The summed E-state index contributed by atoms with van der Waals surface area (Å²) in [7, 11) is 1.41. The van der Waals surface area contributed by atoms with Gasteiger partial charge in [-0.05, 0) is 25.3 Å². The van der Waals surface area contributed by atoms with Crippen molar-refractivity contribution in [2.24, 2.45) is 0 Å². The van der Waals surface area contributed by atoms with E-state index >= 15 is 0 Å². The first-order chi connectivity index (χ1) is 13.1. The highest BCUT2D eigenvalue weighted by atomic mass is 32.2. The lowest BCUT2D eigenvalue weighted by Gasteiger charge is -2.32. The zero-order valence-corrected chi connectivity index (χ0v) is 16.2. The van der Waals surface area contributed by atoms with Crippen LogP contribution in [0.3, 0.4) is 0 Å². The second kappa shape index (κ2) is 7.40. The number of H-pyrrole nitrogens is 1. The fraction of sp³-hybridized carbons (Fsp3) is 0.350. The molecule has 0 saturated heterocycles. The van der Waals surface area contributed by atoms with Gasteiger partial charge in [-0.2, -0.15) is 4.98 Å². The lowest BCUT2D eigenvalue weighted by Crippen LogP contribution is -2.30. The number of rotatable bonds is 5. The summed E-state index contributed by atoms with van der Waals surface area (Å²) < 4.78 is 31.9. The number of hydrogen-bond donors (Lipinski definition) is 1. The average Bonchev–Trinajstić information content (AvgIpc) is 3.09. The average molecular weight is 387 g/mol. The van der Waals surface area contributed by atoms with Gasteiger partial charge in [0.05, 0.1) is 18.1 Å². The molecule has 1 N–H and O–H groups in total. The Morgan fingerprint density at radius 1 is 1.37 bits per heavy atom. The summed E-state index contributed by atoms with van der Waals surface area (Å²) in [4.78, 5) is 9.73. The van der Waals surface area contributed by atoms with Crippen molar-refractivity contribution in [2.45, 2.75) is 30.7 Å². The zero-order valence-electron chi connectivity index (χ0n) is 15.4. The molecule has 0 amide bonds. The van der Waals surface area contributed by atoms with E-state index in [-0.39, 0.29) is 5.75 Å². The molecule has 4 rings (SSSR count). The second-order valence-electron chi connectivity index (χ2n) is 6.64. The Hall–Kier alpha value is -2.25. The Labute approximate surface area is 160 Å². The predicted molar refractivity (Wildman–Crippen MR) is 105 cm³/mol. The maximum Gasteiger partial charge on any atom is 0.321 e. The van der Waals surface area contributed by atoms with Crippen LogP contribution in [0.4, 0.5) is 10.1 Å². The maximum absolute atomic E-state index is 13.9. The number of aryl methyl sites for hydroxylation is 1.